The van der Waals surface area contributed by atoms with Crippen molar-refractivity contribution in [1.82, 2.24) is 15.3 Å². The van der Waals surface area contributed by atoms with E-state index in [0.29, 0.717) is 5.92 Å². The van der Waals surface area contributed by atoms with Crippen LogP contribution in [0.4, 0.5) is 0 Å². The van der Waals surface area contributed by atoms with E-state index in [4.69, 9.17) is 9.97 Å². The number of likely N-dealkylation sites (N-methyl/N-ethyl adjacent to an activating group) is 1. The molecule has 0 radical (unpaired) electrons. The normalized spacial score (nSPS) is 12.7. The molecule has 0 aliphatic heterocycles. The van der Waals surface area contributed by atoms with Crippen LogP contribution in [0.25, 0.3) is 11.4 Å². The zero-order valence-corrected chi connectivity index (χ0v) is 13.8. The Labute approximate surface area is 125 Å². The van der Waals surface area contributed by atoms with E-state index in [-0.39, 0.29) is 0 Å². The first-order valence-corrected chi connectivity index (χ1v) is 8.07. The van der Waals surface area contributed by atoms with Crippen LogP contribution in [0, 0.1) is 20.8 Å². The summed E-state index contributed by atoms with van der Waals surface area (Å²) in [5.74, 6) is 1.30. The van der Waals surface area contributed by atoms with Crippen molar-refractivity contribution in [3.05, 3.63) is 33.3 Å². The highest BCUT2D eigenvalue weighted by atomic mass is 32.1. The van der Waals surface area contributed by atoms with E-state index < -0.39 is 0 Å². The summed E-state index contributed by atoms with van der Waals surface area (Å²) >= 11 is 1.70. The summed E-state index contributed by atoms with van der Waals surface area (Å²) in [7, 11) is 0. The lowest BCUT2D eigenvalue weighted by molar-refractivity contribution is 0.624. The van der Waals surface area contributed by atoms with Crippen LogP contribution in [0.1, 0.15) is 42.3 Å². The lowest BCUT2D eigenvalue weighted by Gasteiger charge is -2.17. The van der Waals surface area contributed by atoms with E-state index in [1.807, 2.05) is 0 Å². The van der Waals surface area contributed by atoms with Gasteiger partial charge < -0.3 is 5.32 Å². The van der Waals surface area contributed by atoms with E-state index in [0.717, 1.165) is 35.9 Å². The van der Waals surface area contributed by atoms with Crippen LogP contribution < -0.4 is 5.32 Å². The Morgan fingerprint density at radius 3 is 2.30 bits per heavy atom. The van der Waals surface area contributed by atoms with Gasteiger partial charge in [0, 0.05) is 28.9 Å². The van der Waals surface area contributed by atoms with E-state index >= 15 is 0 Å². The molecule has 0 saturated carbocycles. The topological polar surface area (TPSA) is 37.8 Å². The summed E-state index contributed by atoms with van der Waals surface area (Å²) in [4.78, 5) is 9.47. The Morgan fingerprint density at radius 2 is 1.80 bits per heavy atom. The van der Waals surface area contributed by atoms with Gasteiger partial charge in [0.15, 0.2) is 5.82 Å². The number of aryl methyl sites for hydroxylation is 3. The van der Waals surface area contributed by atoms with Crippen LogP contribution in [0.2, 0.25) is 0 Å². The molecule has 0 spiro atoms. The van der Waals surface area contributed by atoms with Gasteiger partial charge in [-0.05, 0) is 49.7 Å². The minimum absolute atomic E-state index is 0.438. The number of nitrogens with zero attached hydrogens (tertiary/aromatic N) is 2. The highest BCUT2D eigenvalue weighted by Gasteiger charge is 2.16. The third kappa shape index (κ3) is 3.07. The molecule has 0 bridgehead atoms. The molecule has 2 aromatic heterocycles. The lowest BCUT2D eigenvalue weighted by atomic mass is 9.97. The Morgan fingerprint density at radius 1 is 1.15 bits per heavy atom. The van der Waals surface area contributed by atoms with Gasteiger partial charge in [0.1, 0.15) is 0 Å². The standard InChI is InChI=1S/C16H23N3S/c1-6-17-7-10(2)15-12(4)18-16(19-13(15)5)14-9-20-8-11(14)3/h8-10,17H,6-7H2,1-5H3. The number of hydrogen-bond donors (Lipinski definition) is 1. The molecule has 2 rings (SSSR count). The van der Waals surface area contributed by atoms with Gasteiger partial charge in [-0.2, -0.15) is 11.3 Å². The van der Waals surface area contributed by atoms with E-state index in [1.165, 1.54) is 11.1 Å². The first-order chi connectivity index (χ1) is 9.54. The van der Waals surface area contributed by atoms with Crippen LogP contribution >= 0.6 is 11.3 Å². The molecule has 0 amide bonds. The molecule has 0 aliphatic carbocycles. The maximum absolute atomic E-state index is 4.73. The number of aromatic nitrogens is 2. The Hall–Kier alpha value is -1.26. The predicted molar refractivity (Wildman–Crippen MR) is 86.5 cm³/mol. The SMILES string of the molecule is CCNCC(C)c1c(C)nc(-c2cscc2C)nc1C. The number of hydrogen-bond acceptors (Lipinski definition) is 4. The second kappa shape index (κ2) is 6.46. The quantitative estimate of drug-likeness (QED) is 0.908. The third-order valence-corrected chi connectivity index (χ3v) is 4.48. The van der Waals surface area contributed by atoms with Gasteiger partial charge in [-0.3, -0.25) is 0 Å². The minimum atomic E-state index is 0.438. The van der Waals surface area contributed by atoms with Crippen molar-refractivity contribution in [1.29, 1.82) is 0 Å². The first-order valence-electron chi connectivity index (χ1n) is 7.13. The van der Waals surface area contributed by atoms with Gasteiger partial charge >= 0.3 is 0 Å². The van der Waals surface area contributed by atoms with Crippen LogP contribution in [0.5, 0.6) is 0 Å². The average molecular weight is 289 g/mol. The Bertz CT molecular complexity index is 566. The highest BCUT2D eigenvalue weighted by Crippen LogP contribution is 2.27. The monoisotopic (exact) mass is 289 g/mol. The van der Waals surface area contributed by atoms with Crippen LogP contribution in [-0.4, -0.2) is 23.1 Å². The van der Waals surface area contributed by atoms with Crippen molar-refractivity contribution >= 4 is 11.3 Å². The molecule has 2 aromatic rings. The molecule has 0 aromatic carbocycles. The fourth-order valence-electron chi connectivity index (χ4n) is 2.61. The van der Waals surface area contributed by atoms with Gasteiger partial charge in [-0.15, -0.1) is 0 Å². The number of rotatable bonds is 5. The molecule has 1 unspecified atom stereocenters. The highest BCUT2D eigenvalue weighted by molar-refractivity contribution is 7.08. The smallest absolute Gasteiger partial charge is 0.160 e. The summed E-state index contributed by atoms with van der Waals surface area (Å²) in [6, 6.07) is 0. The zero-order valence-electron chi connectivity index (χ0n) is 12.9. The zero-order chi connectivity index (χ0) is 14.7. The third-order valence-electron chi connectivity index (χ3n) is 3.62. The average Bonchev–Trinajstić information content (AvgIpc) is 2.81. The summed E-state index contributed by atoms with van der Waals surface area (Å²) in [6.07, 6.45) is 0. The molecule has 1 N–H and O–H groups in total. The number of nitrogens with one attached hydrogen (secondary N) is 1. The molecule has 1 atom stereocenters. The van der Waals surface area contributed by atoms with Crippen molar-refractivity contribution in [2.75, 3.05) is 13.1 Å². The van der Waals surface area contributed by atoms with Crippen LogP contribution in [0.3, 0.4) is 0 Å². The second-order valence-electron chi connectivity index (χ2n) is 5.31. The van der Waals surface area contributed by atoms with Crippen molar-refractivity contribution in [2.45, 2.75) is 40.5 Å². The van der Waals surface area contributed by atoms with Crippen molar-refractivity contribution in [3.63, 3.8) is 0 Å². The van der Waals surface area contributed by atoms with E-state index in [2.05, 4.69) is 50.7 Å². The fourth-order valence-corrected chi connectivity index (χ4v) is 3.44. The van der Waals surface area contributed by atoms with Crippen molar-refractivity contribution in [3.8, 4) is 11.4 Å². The van der Waals surface area contributed by atoms with Crippen molar-refractivity contribution < 1.29 is 0 Å². The molecule has 0 fully saturated rings. The maximum atomic E-state index is 4.73. The molecule has 4 heteroatoms. The molecule has 2 heterocycles. The van der Waals surface area contributed by atoms with Crippen LogP contribution in [0.15, 0.2) is 10.8 Å². The van der Waals surface area contributed by atoms with Gasteiger partial charge in [0.05, 0.1) is 0 Å². The summed E-state index contributed by atoms with van der Waals surface area (Å²) in [5, 5.41) is 7.67. The summed E-state index contributed by atoms with van der Waals surface area (Å²) in [6.45, 7) is 12.6. The lowest BCUT2D eigenvalue weighted by Crippen LogP contribution is -2.21. The van der Waals surface area contributed by atoms with Crippen LogP contribution in [-0.2, 0) is 0 Å². The predicted octanol–water partition coefficient (Wildman–Crippen LogP) is 3.84. The van der Waals surface area contributed by atoms with Gasteiger partial charge in [-0.1, -0.05) is 13.8 Å². The van der Waals surface area contributed by atoms with E-state index in [1.54, 1.807) is 11.3 Å². The Kier molecular flexibility index (Phi) is 4.89. The van der Waals surface area contributed by atoms with Gasteiger partial charge in [0.2, 0.25) is 0 Å². The molecule has 3 nitrogen and oxygen atoms in total. The molecular weight excluding hydrogens is 266 g/mol. The summed E-state index contributed by atoms with van der Waals surface area (Å²) in [5.41, 5.74) is 5.89. The molecule has 108 valence electrons. The minimum Gasteiger partial charge on any atom is -0.316 e. The molecule has 20 heavy (non-hydrogen) atoms. The first kappa shape index (κ1) is 15.1. The van der Waals surface area contributed by atoms with Gasteiger partial charge in [-0.25, -0.2) is 9.97 Å². The largest absolute Gasteiger partial charge is 0.316 e. The fraction of sp³-hybridized carbons (Fsp3) is 0.500. The summed E-state index contributed by atoms with van der Waals surface area (Å²) < 4.78 is 0. The van der Waals surface area contributed by atoms with E-state index in [9.17, 15) is 0 Å². The van der Waals surface area contributed by atoms with Crippen molar-refractivity contribution in [2.24, 2.45) is 0 Å². The molecular formula is C16H23N3S. The molecule has 0 saturated heterocycles. The van der Waals surface area contributed by atoms with Gasteiger partial charge in [0.25, 0.3) is 0 Å². The number of thiophene rings is 1. The molecule has 0 aliphatic rings. The maximum Gasteiger partial charge on any atom is 0.160 e. The Balaban J connectivity index is 2.36. The second-order valence-corrected chi connectivity index (χ2v) is 6.05.